The van der Waals surface area contributed by atoms with Crippen LogP contribution in [-0.2, 0) is 37.2 Å². The molecule has 3 heterocycles. The van der Waals surface area contributed by atoms with Crippen molar-refractivity contribution in [2.24, 2.45) is 5.14 Å². The van der Waals surface area contributed by atoms with Crippen LogP contribution in [0.15, 0.2) is 40.0 Å². The Hall–Kier alpha value is -2.83. The fraction of sp³-hybridized carbons (Fsp3) is 0.500. The van der Waals surface area contributed by atoms with Crippen LogP contribution in [0.5, 0.6) is 0 Å². The van der Waals surface area contributed by atoms with Crippen LogP contribution < -0.4 is 15.6 Å². The molecule has 1 aromatic heterocycles. The van der Waals surface area contributed by atoms with Gasteiger partial charge in [-0.15, -0.1) is 0 Å². The number of morpholine rings is 1. The molecule has 5 rings (SSSR count). The van der Waals surface area contributed by atoms with E-state index in [4.69, 9.17) is 24.3 Å². The summed E-state index contributed by atoms with van der Waals surface area (Å²) in [6.45, 7) is 7.95. The van der Waals surface area contributed by atoms with Crippen molar-refractivity contribution in [2.45, 2.75) is 50.2 Å². The van der Waals surface area contributed by atoms with Crippen molar-refractivity contribution in [1.29, 1.82) is 0 Å². The highest BCUT2D eigenvalue weighted by Gasteiger charge is 2.26. The highest BCUT2D eigenvalue weighted by Crippen LogP contribution is 2.28. The number of nitrogens with two attached hydrogens (primary N) is 1. The van der Waals surface area contributed by atoms with Crippen molar-refractivity contribution < 1.29 is 22.6 Å². The SMILES string of the molecule is COC[C@H]1CN(c2ccc3c(=O)n(CCc4c(C)cc(S(N)(=O)=O)cc4C)c([C@@H]4CCOC4)nc3c2)CCO1. The number of benzene rings is 2. The average Bonchev–Trinajstić information content (AvgIpc) is 3.43. The Balaban J connectivity index is 1.50. The van der Waals surface area contributed by atoms with E-state index in [9.17, 15) is 13.2 Å². The summed E-state index contributed by atoms with van der Waals surface area (Å²) in [7, 11) is -2.12. The van der Waals surface area contributed by atoms with E-state index < -0.39 is 10.0 Å². The molecule has 11 heteroatoms. The van der Waals surface area contributed by atoms with Crippen molar-refractivity contribution >= 4 is 26.6 Å². The molecule has 39 heavy (non-hydrogen) atoms. The van der Waals surface area contributed by atoms with Gasteiger partial charge >= 0.3 is 0 Å². The standard InChI is InChI=1S/C28H36N4O6S/c1-18-12-23(39(29,34)35)13-19(2)24(18)6-8-32-27(20-7-10-37-16-20)30-26-14-21(4-5-25(26)28(32)33)31-9-11-38-22(15-31)17-36-3/h4-5,12-14,20,22H,6-11,15-17H2,1-3H3,(H2,29,34,35)/t20-,22-/m1/s1. The molecule has 2 saturated heterocycles. The van der Waals surface area contributed by atoms with Crippen LogP contribution in [0, 0.1) is 13.8 Å². The van der Waals surface area contributed by atoms with Crippen molar-refractivity contribution in [1.82, 2.24) is 9.55 Å². The first-order chi connectivity index (χ1) is 18.7. The second kappa shape index (κ2) is 11.3. The minimum absolute atomic E-state index is 0.00227. The minimum atomic E-state index is -3.79. The Morgan fingerprint density at radius 3 is 2.59 bits per heavy atom. The van der Waals surface area contributed by atoms with E-state index in [1.807, 2.05) is 32.0 Å². The number of hydrogen-bond donors (Lipinski definition) is 1. The summed E-state index contributed by atoms with van der Waals surface area (Å²) in [5.74, 6) is 0.769. The molecule has 210 valence electrons. The summed E-state index contributed by atoms with van der Waals surface area (Å²) in [5, 5.41) is 5.91. The number of primary sulfonamides is 1. The number of nitrogens with zero attached hydrogens (tertiary/aromatic N) is 3. The maximum atomic E-state index is 13.8. The molecule has 0 radical (unpaired) electrons. The lowest BCUT2D eigenvalue weighted by atomic mass is 9.99. The van der Waals surface area contributed by atoms with E-state index in [1.165, 1.54) is 0 Å². The van der Waals surface area contributed by atoms with Crippen molar-refractivity contribution in [3.63, 3.8) is 0 Å². The number of fused-ring (bicyclic) bond motifs is 1. The molecule has 0 aliphatic carbocycles. The van der Waals surface area contributed by atoms with Crippen molar-refractivity contribution in [3.05, 3.63) is 63.2 Å². The quantitative estimate of drug-likeness (QED) is 0.448. The summed E-state index contributed by atoms with van der Waals surface area (Å²) in [6.07, 6.45) is 1.36. The van der Waals surface area contributed by atoms with Crippen LogP contribution in [0.4, 0.5) is 5.69 Å². The second-order valence-corrected chi connectivity index (χ2v) is 12.0. The normalized spacial score (nSPS) is 20.2. The number of aryl methyl sites for hydroxylation is 2. The van der Waals surface area contributed by atoms with Crippen LogP contribution in [0.25, 0.3) is 10.9 Å². The first-order valence-corrected chi connectivity index (χ1v) is 14.8. The summed E-state index contributed by atoms with van der Waals surface area (Å²) < 4.78 is 42.2. The number of methoxy groups -OCH3 is 1. The fourth-order valence-corrected chi connectivity index (χ4v) is 6.35. The molecule has 2 N–H and O–H groups in total. The molecule has 2 aliphatic heterocycles. The number of hydrogen-bond acceptors (Lipinski definition) is 8. The van der Waals surface area contributed by atoms with Gasteiger partial charge in [-0.1, -0.05) is 0 Å². The first kappa shape index (κ1) is 27.7. The Labute approximate surface area is 228 Å². The minimum Gasteiger partial charge on any atom is -0.382 e. The van der Waals surface area contributed by atoms with Crippen LogP contribution >= 0.6 is 0 Å². The van der Waals surface area contributed by atoms with Gasteiger partial charge in [0.1, 0.15) is 5.82 Å². The van der Waals surface area contributed by atoms with Gasteiger partial charge in [-0.05, 0) is 73.7 Å². The maximum Gasteiger partial charge on any atom is 0.261 e. The van der Waals surface area contributed by atoms with E-state index in [2.05, 4.69) is 4.90 Å². The predicted molar refractivity (Wildman–Crippen MR) is 149 cm³/mol. The van der Waals surface area contributed by atoms with E-state index in [0.29, 0.717) is 56.8 Å². The lowest BCUT2D eigenvalue weighted by molar-refractivity contribution is -0.0100. The Morgan fingerprint density at radius 2 is 1.92 bits per heavy atom. The molecule has 0 bridgehead atoms. The molecular weight excluding hydrogens is 520 g/mol. The van der Waals surface area contributed by atoms with Gasteiger partial charge in [0.2, 0.25) is 10.0 Å². The van der Waals surface area contributed by atoms with E-state index >= 15 is 0 Å². The molecule has 2 fully saturated rings. The van der Waals surface area contributed by atoms with Crippen LogP contribution in [0.3, 0.4) is 0 Å². The monoisotopic (exact) mass is 556 g/mol. The van der Waals surface area contributed by atoms with Gasteiger partial charge in [-0.3, -0.25) is 9.36 Å². The summed E-state index contributed by atoms with van der Waals surface area (Å²) in [6, 6.07) is 9.02. The van der Waals surface area contributed by atoms with Gasteiger partial charge in [0.15, 0.2) is 0 Å². The smallest absolute Gasteiger partial charge is 0.261 e. The number of sulfonamides is 1. The first-order valence-electron chi connectivity index (χ1n) is 13.3. The molecule has 2 aromatic carbocycles. The number of ether oxygens (including phenoxy) is 3. The van der Waals surface area contributed by atoms with E-state index in [1.54, 1.807) is 23.8 Å². The third kappa shape index (κ3) is 5.87. The summed E-state index contributed by atoms with van der Waals surface area (Å²) >= 11 is 0. The second-order valence-electron chi connectivity index (χ2n) is 10.4. The van der Waals surface area contributed by atoms with E-state index in [0.717, 1.165) is 41.2 Å². The van der Waals surface area contributed by atoms with Gasteiger partial charge in [-0.25, -0.2) is 18.5 Å². The molecular formula is C28H36N4O6S. The summed E-state index contributed by atoms with van der Waals surface area (Å²) in [4.78, 5) is 21.2. The third-order valence-electron chi connectivity index (χ3n) is 7.70. The molecule has 2 atom stereocenters. The largest absolute Gasteiger partial charge is 0.382 e. The molecule has 10 nitrogen and oxygen atoms in total. The Morgan fingerprint density at radius 1 is 1.15 bits per heavy atom. The predicted octanol–water partition coefficient (Wildman–Crippen LogP) is 2.26. The molecule has 0 amide bonds. The zero-order valence-corrected chi connectivity index (χ0v) is 23.5. The lowest BCUT2D eigenvalue weighted by Crippen LogP contribution is -2.44. The molecule has 0 unspecified atom stereocenters. The van der Waals surface area contributed by atoms with Crippen LogP contribution in [0.1, 0.15) is 34.9 Å². The average molecular weight is 557 g/mol. The zero-order valence-electron chi connectivity index (χ0n) is 22.7. The lowest BCUT2D eigenvalue weighted by Gasteiger charge is -2.34. The van der Waals surface area contributed by atoms with Gasteiger partial charge in [0, 0.05) is 45.0 Å². The van der Waals surface area contributed by atoms with Crippen LogP contribution in [-0.4, -0.2) is 70.7 Å². The number of anilines is 1. The fourth-order valence-electron chi connectivity index (χ4n) is 5.67. The number of aromatic nitrogens is 2. The van der Waals surface area contributed by atoms with Crippen LogP contribution in [0.2, 0.25) is 0 Å². The van der Waals surface area contributed by atoms with Crippen molar-refractivity contribution in [2.75, 3.05) is 51.5 Å². The third-order valence-corrected chi connectivity index (χ3v) is 8.60. The Kier molecular flexibility index (Phi) is 8.06. The molecule has 0 saturated carbocycles. The molecule has 3 aromatic rings. The van der Waals surface area contributed by atoms with Gasteiger partial charge in [0.25, 0.3) is 5.56 Å². The van der Waals surface area contributed by atoms with Gasteiger partial charge < -0.3 is 19.1 Å². The zero-order chi connectivity index (χ0) is 27.7. The topological polar surface area (TPSA) is 126 Å². The van der Waals surface area contributed by atoms with E-state index in [-0.39, 0.29) is 22.5 Å². The van der Waals surface area contributed by atoms with Gasteiger partial charge in [0.05, 0.1) is 41.7 Å². The molecule has 2 aliphatic rings. The molecule has 0 spiro atoms. The number of rotatable bonds is 8. The summed E-state index contributed by atoms with van der Waals surface area (Å²) in [5.41, 5.74) is 4.25. The van der Waals surface area contributed by atoms with Crippen molar-refractivity contribution in [3.8, 4) is 0 Å². The maximum absolute atomic E-state index is 13.8. The highest BCUT2D eigenvalue weighted by atomic mass is 32.2. The van der Waals surface area contributed by atoms with Gasteiger partial charge in [-0.2, -0.15) is 0 Å². The highest BCUT2D eigenvalue weighted by molar-refractivity contribution is 7.89. The Bertz CT molecular complexity index is 1510.